The SMILES string of the molecule is O=C(c1ccc(F)cc1-n1nccn1)N1C[C@H]2C[C@@H](Oc3ccc(Br)cn3)[C@@H]1C2. The second kappa shape index (κ2) is 7.22. The lowest BCUT2D eigenvalue weighted by Crippen LogP contribution is -2.47. The summed E-state index contributed by atoms with van der Waals surface area (Å²) in [5.74, 6) is 0.318. The van der Waals surface area contributed by atoms with Crippen LogP contribution in [0.1, 0.15) is 23.2 Å². The Morgan fingerprint density at radius 1 is 1.17 bits per heavy atom. The molecule has 1 amide bonds. The maximum atomic E-state index is 13.8. The number of carbonyl (C=O) groups excluding carboxylic acids is 1. The summed E-state index contributed by atoms with van der Waals surface area (Å²) in [4.78, 5) is 20.7. The molecule has 1 saturated carbocycles. The molecule has 2 aliphatic rings. The molecule has 29 heavy (non-hydrogen) atoms. The molecule has 0 radical (unpaired) electrons. The number of fused-ring (bicyclic) bond motifs is 2. The lowest BCUT2D eigenvalue weighted by atomic mass is 10.1. The van der Waals surface area contributed by atoms with Gasteiger partial charge in [0.2, 0.25) is 5.88 Å². The van der Waals surface area contributed by atoms with E-state index >= 15 is 0 Å². The van der Waals surface area contributed by atoms with Gasteiger partial charge < -0.3 is 9.64 Å². The van der Waals surface area contributed by atoms with E-state index in [4.69, 9.17) is 4.74 Å². The number of halogens is 2. The molecule has 2 aromatic heterocycles. The summed E-state index contributed by atoms with van der Waals surface area (Å²) in [6, 6.07) is 7.70. The van der Waals surface area contributed by atoms with Crippen LogP contribution >= 0.6 is 15.9 Å². The zero-order valence-electron chi connectivity index (χ0n) is 15.3. The van der Waals surface area contributed by atoms with E-state index in [-0.39, 0.29) is 18.1 Å². The molecule has 3 atom stereocenters. The van der Waals surface area contributed by atoms with Crippen LogP contribution in [0.15, 0.2) is 53.4 Å². The van der Waals surface area contributed by atoms with Gasteiger partial charge in [-0.05, 0) is 52.9 Å². The molecule has 1 aliphatic heterocycles. The molecule has 7 nitrogen and oxygen atoms in total. The number of piperidine rings is 1. The molecular formula is C20H17BrFN5O2. The first kappa shape index (κ1) is 18.2. The third-order valence-corrected chi connectivity index (χ3v) is 5.95. The molecule has 1 saturated heterocycles. The Balaban J connectivity index is 1.40. The highest BCUT2D eigenvalue weighted by molar-refractivity contribution is 9.10. The molecule has 0 N–H and O–H groups in total. The van der Waals surface area contributed by atoms with Gasteiger partial charge in [0.05, 0.1) is 24.0 Å². The van der Waals surface area contributed by atoms with Crippen LogP contribution in [0.5, 0.6) is 5.88 Å². The number of likely N-dealkylation sites (tertiary alicyclic amines) is 1. The number of aromatic nitrogens is 4. The molecule has 9 heteroatoms. The highest BCUT2D eigenvalue weighted by Crippen LogP contribution is 2.40. The van der Waals surface area contributed by atoms with Gasteiger partial charge in [-0.1, -0.05) is 0 Å². The fourth-order valence-electron chi connectivity index (χ4n) is 4.26. The zero-order valence-corrected chi connectivity index (χ0v) is 16.9. The van der Waals surface area contributed by atoms with E-state index in [9.17, 15) is 9.18 Å². The second-order valence-electron chi connectivity index (χ2n) is 7.31. The fourth-order valence-corrected chi connectivity index (χ4v) is 4.49. The standard InChI is InChI=1S/C20H17BrFN5O2/c21-13-1-4-19(23-10-13)29-18-8-12-7-17(18)26(11-12)20(28)15-3-2-14(22)9-16(15)27-24-5-6-25-27/h1-6,9-10,12,17-18H,7-8,11H2/t12-,17+,18-/m1/s1. The van der Waals surface area contributed by atoms with Crippen molar-refractivity contribution in [3.05, 3.63) is 64.8 Å². The lowest BCUT2D eigenvalue weighted by Gasteiger charge is -2.33. The number of hydrogen-bond acceptors (Lipinski definition) is 5. The number of carbonyl (C=O) groups is 1. The Morgan fingerprint density at radius 3 is 2.72 bits per heavy atom. The van der Waals surface area contributed by atoms with E-state index in [2.05, 4.69) is 31.1 Å². The van der Waals surface area contributed by atoms with Gasteiger partial charge in [0.15, 0.2) is 0 Å². The van der Waals surface area contributed by atoms with Gasteiger partial charge in [-0.3, -0.25) is 4.79 Å². The first-order chi connectivity index (χ1) is 14.1. The molecule has 0 unspecified atom stereocenters. The van der Waals surface area contributed by atoms with E-state index in [0.29, 0.717) is 29.6 Å². The number of nitrogens with zero attached hydrogens (tertiary/aromatic N) is 5. The van der Waals surface area contributed by atoms with E-state index < -0.39 is 5.82 Å². The Bertz CT molecular complexity index is 1040. The second-order valence-corrected chi connectivity index (χ2v) is 8.23. The average molecular weight is 458 g/mol. The predicted octanol–water partition coefficient (Wildman–Crippen LogP) is 3.25. The van der Waals surface area contributed by atoms with Gasteiger partial charge in [0, 0.05) is 29.3 Å². The Hall–Kier alpha value is -2.81. The average Bonchev–Trinajstić information content (AvgIpc) is 3.46. The first-order valence-corrected chi connectivity index (χ1v) is 10.1. The Kier molecular flexibility index (Phi) is 4.54. The van der Waals surface area contributed by atoms with Gasteiger partial charge in [-0.15, -0.1) is 0 Å². The van der Waals surface area contributed by atoms with Gasteiger partial charge in [0.1, 0.15) is 17.6 Å². The van der Waals surface area contributed by atoms with Crippen molar-refractivity contribution in [2.24, 2.45) is 5.92 Å². The van der Waals surface area contributed by atoms with Gasteiger partial charge in [-0.25, -0.2) is 9.37 Å². The van der Waals surface area contributed by atoms with E-state index in [0.717, 1.165) is 17.3 Å². The van der Waals surface area contributed by atoms with Gasteiger partial charge in [0.25, 0.3) is 5.91 Å². The van der Waals surface area contributed by atoms with Crippen molar-refractivity contribution in [1.82, 2.24) is 24.9 Å². The molecule has 2 fully saturated rings. The number of benzene rings is 1. The van der Waals surface area contributed by atoms with E-state index in [1.807, 2.05) is 17.0 Å². The van der Waals surface area contributed by atoms with Crippen LogP contribution in [-0.4, -0.2) is 49.5 Å². The fraction of sp³-hybridized carbons (Fsp3) is 0.300. The first-order valence-electron chi connectivity index (χ1n) is 9.34. The summed E-state index contributed by atoms with van der Waals surface area (Å²) in [6.45, 7) is 0.667. The summed E-state index contributed by atoms with van der Waals surface area (Å²) >= 11 is 3.36. The summed E-state index contributed by atoms with van der Waals surface area (Å²) in [5, 5.41) is 8.11. The monoisotopic (exact) mass is 457 g/mol. The topological polar surface area (TPSA) is 73.1 Å². The van der Waals surface area contributed by atoms with E-state index in [1.165, 1.54) is 35.4 Å². The van der Waals surface area contributed by atoms with Crippen molar-refractivity contribution in [2.45, 2.75) is 25.0 Å². The van der Waals surface area contributed by atoms with Crippen molar-refractivity contribution in [2.75, 3.05) is 6.54 Å². The van der Waals surface area contributed by atoms with Crippen LogP contribution in [-0.2, 0) is 0 Å². The quantitative estimate of drug-likeness (QED) is 0.601. The molecule has 3 heterocycles. The molecule has 5 rings (SSSR count). The Morgan fingerprint density at radius 2 is 2.00 bits per heavy atom. The van der Waals surface area contributed by atoms with Crippen molar-refractivity contribution < 1.29 is 13.9 Å². The highest BCUT2D eigenvalue weighted by atomic mass is 79.9. The maximum Gasteiger partial charge on any atom is 0.256 e. The van der Waals surface area contributed by atoms with Crippen LogP contribution in [0.3, 0.4) is 0 Å². The number of rotatable bonds is 4. The minimum absolute atomic E-state index is 0.0403. The van der Waals surface area contributed by atoms with Crippen molar-refractivity contribution in [3.8, 4) is 11.6 Å². The third kappa shape index (κ3) is 3.39. The van der Waals surface area contributed by atoms with Crippen LogP contribution in [0.25, 0.3) is 5.69 Å². The van der Waals surface area contributed by atoms with Crippen LogP contribution in [0.4, 0.5) is 4.39 Å². The highest BCUT2D eigenvalue weighted by Gasteiger charge is 2.48. The van der Waals surface area contributed by atoms with Crippen molar-refractivity contribution in [3.63, 3.8) is 0 Å². The number of hydrogen-bond donors (Lipinski definition) is 0. The van der Waals surface area contributed by atoms with Gasteiger partial charge >= 0.3 is 0 Å². The smallest absolute Gasteiger partial charge is 0.256 e. The van der Waals surface area contributed by atoms with Crippen LogP contribution in [0, 0.1) is 11.7 Å². The Labute approximate surface area is 174 Å². The number of pyridine rings is 1. The molecular weight excluding hydrogens is 441 g/mol. The molecule has 1 aromatic carbocycles. The summed E-state index contributed by atoms with van der Waals surface area (Å²) in [5.41, 5.74) is 0.700. The third-order valence-electron chi connectivity index (χ3n) is 5.48. The zero-order chi connectivity index (χ0) is 20.0. The predicted molar refractivity (Wildman–Crippen MR) is 105 cm³/mol. The minimum atomic E-state index is -0.445. The molecule has 1 aliphatic carbocycles. The van der Waals surface area contributed by atoms with E-state index in [1.54, 1.807) is 6.20 Å². The largest absolute Gasteiger partial charge is 0.472 e. The summed E-state index contributed by atoms with van der Waals surface area (Å²) in [6.07, 6.45) is 6.34. The molecule has 2 bridgehead atoms. The maximum absolute atomic E-state index is 13.8. The molecule has 148 valence electrons. The molecule has 0 spiro atoms. The van der Waals surface area contributed by atoms with Crippen molar-refractivity contribution in [1.29, 1.82) is 0 Å². The summed E-state index contributed by atoms with van der Waals surface area (Å²) < 4.78 is 20.8. The molecule has 3 aromatic rings. The number of amides is 1. The lowest BCUT2D eigenvalue weighted by molar-refractivity contribution is 0.0466. The van der Waals surface area contributed by atoms with Gasteiger partial charge in [-0.2, -0.15) is 15.0 Å². The van der Waals surface area contributed by atoms with Crippen molar-refractivity contribution >= 4 is 21.8 Å². The van der Waals surface area contributed by atoms with Crippen LogP contribution < -0.4 is 4.74 Å². The number of ether oxygens (including phenoxy) is 1. The summed E-state index contributed by atoms with van der Waals surface area (Å²) in [7, 11) is 0. The van der Waals surface area contributed by atoms with Crippen LogP contribution in [0.2, 0.25) is 0 Å². The minimum Gasteiger partial charge on any atom is -0.472 e. The normalized spacial score (nSPS) is 22.8.